The molecule has 0 fully saturated rings. The van der Waals surface area contributed by atoms with Crippen molar-refractivity contribution in [3.63, 3.8) is 0 Å². The molecule has 40 heavy (non-hydrogen) atoms. The molecular formula is C30H25N5O3S2. The van der Waals surface area contributed by atoms with E-state index in [1.165, 1.54) is 15.3 Å². The van der Waals surface area contributed by atoms with E-state index in [-0.39, 0.29) is 4.90 Å². The van der Waals surface area contributed by atoms with E-state index in [4.69, 9.17) is 4.98 Å². The first-order valence-electron chi connectivity index (χ1n) is 12.9. The van der Waals surface area contributed by atoms with Crippen molar-refractivity contribution in [2.24, 2.45) is 0 Å². The summed E-state index contributed by atoms with van der Waals surface area (Å²) in [7, 11) is -3.88. The lowest BCUT2D eigenvalue weighted by molar-refractivity contribution is 0.0786. The summed E-state index contributed by atoms with van der Waals surface area (Å²) < 4.78 is 30.6. The molecule has 2 aromatic carbocycles. The van der Waals surface area contributed by atoms with Gasteiger partial charge in [0.25, 0.3) is 10.0 Å². The number of imidazole rings is 1. The Bertz CT molecular complexity index is 2020. The lowest BCUT2D eigenvalue weighted by Gasteiger charge is -2.22. The normalized spacial score (nSPS) is 17.0. The highest BCUT2D eigenvalue weighted by atomic mass is 32.2. The highest BCUT2D eigenvalue weighted by Gasteiger charge is 2.40. The zero-order valence-electron chi connectivity index (χ0n) is 21.8. The van der Waals surface area contributed by atoms with Crippen LogP contribution >= 0.6 is 11.3 Å². The number of aromatic nitrogens is 5. The van der Waals surface area contributed by atoms with Crippen LogP contribution in [0.2, 0.25) is 0 Å². The maximum Gasteiger partial charge on any atom is 0.269 e. The molecule has 0 unspecified atom stereocenters. The molecule has 5 heterocycles. The van der Waals surface area contributed by atoms with Gasteiger partial charge < -0.3 is 9.67 Å². The number of hydrogen-bond acceptors (Lipinski definition) is 7. The summed E-state index contributed by atoms with van der Waals surface area (Å²) in [6.45, 7) is 4.57. The highest BCUT2D eigenvalue weighted by Crippen LogP contribution is 2.40. The standard InChI is InChI=1S/C30H25N5O3S2/c1-19-6-8-23(9-7-19)40(37,38)35-17-24(26-20(2)10-12-31-27(26)35)28-33-25(18-39-28)21-4-3-5-22(16-21)30(36)11-14-34-15-13-32-29(30)34/h3-10,12-13,15-18,36H,11,14H2,1-2H3/t30-/m1/s1. The number of nitrogens with zero attached hydrogens (tertiary/aromatic N) is 5. The molecule has 0 aliphatic carbocycles. The summed E-state index contributed by atoms with van der Waals surface area (Å²) in [5, 5.41) is 14.9. The predicted molar refractivity (Wildman–Crippen MR) is 155 cm³/mol. The van der Waals surface area contributed by atoms with Crippen LogP contribution in [0.3, 0.4) is 0 Å². The molecule has 7 rings (SSSR count). The average Bonchev–Trinajstić information content (AvgIpc) is 3.74. The number of aryl methyl sites for hydroxylation is 3. The third-order valence-electron chi connectivity index (χ3n) is 7.61. The third-order valence-corrected chi connectivity index (χ3v) is 10.2. The number of fused-ring (bicyclic) bond motifs is 2. The molecule has 0 saturated carbocycles. The Labute approximate surface area is 235 Å². The first-order valence-corrected chi connectivity index (χ1v) is 15.2. The Kier molecular flexibility index (Phi) is 5.57. The predicted octanol–water partition coefficient (Wildman–Crippen LogP) is 5.52. The zero-order chi connectivity index (χ0) is 27.6. The minimum Gasteiger partial charge on any atom is -0.377 e. The molecular weight excluding hydrogens is 542 g/mol. The molecule has 0 spiro atoms. The molecule has 1 aliphatic heterocycles. The monoisotopic (exact) mass is 567 g/mol. The molecule has 6 aromatic rings. The van der Waals surface area contributed by atoms with Crippen molar-refractivity contribution in [3.05, 3.63) is 107 Å². The lowest BCUT2D eigenvalue weighted by atomic mass is 9.90. The zero-order valence-corrected chi connectivity index (χ0v) is 23.4. The van der Waals surface area contributed by atoms with Gasteiger partial charge in [0.05, 0.1) is 10.6 Å². The number of aliphatic hydroxyl groups is 1. The molecule has 10 heteroatoms. The molecule has 0 bridgehead atoms. The van der Waals surface area contributed by atoms with Crippen LogP contribution in [0, 0.1) is 13.8 Å². The average molecular weight is 568 g/mol. The summed E-state index contributed by atoms with van der Waals surface area (Å²) in [5.41, 5.74) is 4.20. The molecule has 4 aromatic heterocycles. The molecule has 0 saturated heterocycles. The van der Waals surface area contributed by atoms with Crippen molar-refractivity contribution in [1.82, 2.24) is 23.5 Å². The Hall–Kier alpha value is -4.12. The molecule has 0 amide bonds. The van der Waals surface area contributed by atoms with Gasteiger partial charge in [-0.2, -0.15) is 0 Å². The van der Waals surface area contributed by atoms with E-state index in [9.17, 15) is 13.5 Å². The van der Waals surface area contributed by atoms with Gasteiger partial charge >= 0.3 is 0 Å². The van der Waals surface area contributed by atoms with Crippen LogP contribution in [0.15, 0.2) is 89.7 Å². The summed E-state index contributed by atoms with van der Waals surface area (Å²) in [6.07, 6.45) is 7.40. The molecule has 1 atom stereocenters. The van der Waals surface area contributed by atoms with Gasteiger partial charge in [-0.25, -0.2) is 27.3 Å². The second-order valence-electron chi connectivity index (χ2n) is 10.2. The van der Waals surface area contributed by atoms with E-state index in [1.807, 2.05) is 60.3 Å². The molecule has 200 valence electrons. The van der Waals surface area contributed by atoms with Gasteiger partial charge in [0, 0.05) is 59.6 Å². The Morgan fingerprint density at radius 3 is 2.67 bits per heavy atom. The summed E-state index contributed by atoms with van der Waals surface area (Å²) in [4.78, 5) is 14.0. The van der Waals surface area contributed by atoms with E-state index in [1.54, 1.807) is 42.9 Å². The van der Waals surface area contributed by atoms with Gasteiger partial charge in [0.2, 0.25) is 0 Å². The first-order chi connectivity index (χ1) is 19.3. The molecule has 1 aliphatic rings. The van der Waals surface area contributed by atoms with Crippen molar-refractivity contribution in [2.45, 2.75) is 37.3 Å². The van der Waals surface area contributed by atoms with E-state index in [0.717, 1.165) is 33.3 Å². The number of hydrogen-bond donors (Lipinski definition) is 1. The van der Waals surface area contributed by atoms with Crippen molar-refractivity contribution in [1.29, 1.82) is 0 Å². The van der Waals surface area contributed by atoms with Crippen molar-refractivity contribution >= 4 is 32.4 Å². The van der Waals surface area contributed by atoms with Gasteiger partial charge in [-0.05, 0) is 49.2 Å². The summed E-state index contributed by atoms with van der Waals surface area (Å²) in [5.74, 6) is 0.647. The largest absolute Gasteiger partial charge is 0.377 e. The minimum atomic E-state index is -3.88. The maximum absolute atomic E-state index is 13.7. The minimum absolute atomic E-state index is 0.201. The Morgan fingerprint density at radius 2 is 1.85 bits per heavy atom. The summed E-state index contributed by atoms with van der Waals surface area (Å²) >= 11 is 1.44. The smallest absolute Gasteiger partial charge is 0.269 e. The van der Waals surface area contributed by atoms with Gasteiger partial charge in [0.15, 0.2) is 5.65 Å². The fourth-order valence-electron chi connectivity index (χ4n) is 5.44. The van der Waals surface area contributed by atoms with Crippen LogP contribution < -0.4 is 0 Å². The van der Waals surface area contributed by atoms with Crippen molar-refractivity contribution < 1.29 is 13.5 Å². The van der Waals surface area contributed by atoms with Gasteiger partial charge in [-0.15, -0.1) is 11.3 Å². The maximum atomic E-state index is 13.7. The fourth-order valence-corrected chi connectivity index (χ4v) is 7.61. The number of thiazole rings is 1. The van der Waals surface area contributed by atoms with Crippen LogP contribution in [-0.4, -0.2) is 37.0 Å². The Balaban J connectivity index is 1.32. The molecule has 1 N–H and O–H groups in total. The van der Waals surface area contributed by atoms with Gasteiger partial charge in [-0.3, -0.25) is 0 Å². The highest BCUT2D eigenvalue weighted by molar-refractivity contribution is 7.90. The fraction of sp³-hybridized carbons (Fsp3) is 0.167. The third kappa shape index (κ3) is 3.75. The molecule has 8 nitrogen and oxygen atoms in total. The van der Waals surface area contributed by atoms with E-state index >= 15 is 0 Å². The quantitative estimate of drug-likeness (QED) is 0.294. The van der Waals surface area contributed by atoms with Crippen LogP contribution in [-0.2, 0) is 22.2 Å². The van der Waals surface area contributed by atoms with Crippen LogP contribution in [0.4, 0.5) is 0 Å². The SMILES string of the molecule is Cc1ccc(S(=O)(=O)n2cc(-c3nc(-c4cccc([C@]5(O)CCn6ccnc65)c4)cs3)c3c(C)ccnc32)cc1. The van der Waals surface area contributed by atoms with E-state index < -0.39 is 15.6 Å². The number of pyridine rings is 1. The van der Waals surface area contributed by atoms with E-state index in [2.05, 4.69) is 9.97 Å². The second-order valence-corrected chi connectivity index (χ2v) is 12.8. The van der Waals surface area contributed by atoms with Gasteiger partial charge in [-0.1, -0.05) is 35.9 Å². The number of rotatable bonds is 5. The topological polar surface area (TPSA) is 103 Å². The van der Waals surface area contributed by atoms with E-state index in [0.29, 0.717) is 35.0 Å². The first kappa shape index (κ1) is 24.9. The van der Waals surface area contributed by atoms with Crippen LogP contribution in [0.1, 0.15) is 28.9 Å². The molecule has 0 radical (unpaired) electrons. The number of benzene rings is 2. The second kappa shape index (κ2) is 8.95. The van der Waals surface area contributed by atoms with Crippen molar-refractivity contribution in [2.75, 3.05) is 0 Å². The van der Waals surface area contributed by atoms with Crippen LogP contribution in [0.25, 0.3) is 32.9 Å². The summed E-state index contributed by atoms with van der Waals surface area (Å²) in [6, 6.07) is 16.4. The van der Waals surface area contributed by atoms with Gasteiger partial charge in [0.1, 0.15) is 16.4 Å². The Morgan fingerprint density at radius 1 is 1.02 bits per heavy atom. The van der Waals surface area contributed by atoms with Crippen LogP contribution in [0.5, 0.6) is 0 Å². The lowest BCUT2D eigenvalue weighted by Crippen LogP contribution is -2.25. The van der Waals surface area contributed by atoms with Crippen molar-refractivity contribution in [3.8, 4) is 21.8 Å².